The Balaban J connectivity index is 1.65. The van der Waals surface area contributed by atoms with Crippen molar-refractivity contribution in [1.82, 2.24) is 15.1 Å². The van der Waals surface area contributed by atoms with Gasteiger partial charge in [0.25, 0.3) is 5.91 Å². The fraction of sp³-hybridized carbons (Fsp3) is 0.312. The first-order valence-corrected chi connectivity index (χ1v) is 7.84. The van der Waals surface area contributed by atoms with E-state index in [4.69, 9.17) is 11.6 Å². The number of carbonyl (C=O) groups is 1. The smallest absolute Gasteiger partial charge is 0.276 e. The van der Waals surface area contributed by atoms with Crippen molar-refractivity contribution >= 4 is 29.0 Å². The van der Waals surface area contributed by atoms with Crippen molar-refractivity contribution in [2.24, 2.45) is 0 Å². The number of hydrogen-bond donors (Lipinski definition) is 1. The highest BCUT2D eigenvalue weighted by Crippen LogP contribution is 2.16. The van der Waals surface area contributed by atoms with Crippen LogP contribution in [0.1, 0.15) is 10.5 Å². The fourth-order valence-corrected chi connectivity index (χ4v) is 2.60. The maximum Gasteiger partial charge on any atom is 0.276 e. The van der Waals surface area contributed by atoms with Gasteiger partial charge in [-0.1, -0.05) is 17.7 Å². The molecular formula is C16H18ClN5O. The van der Waals surface area contributed by atoms with E-state index in [0.717, 1.165) is 32.0 Å². The van der Waals surface area contributed by atoms with E-state index in [1.807, 2.05) is 6.07 Å². The lowest BCUT2D eigenvalue weighted by molar-refractivity contribution is 0.102. The second-order valence-electron chi connectivity index (χ2n) is 5.53. The molecule has 1 aliphatic heterocycles. The molecule has 120 valence electrons. The number of benzene rings is 1. The molecule has 0 aliphatic carbocycles. The Morgan fingerprint density at radius 3 is 2.57 bits per heavy atom. The van der Waals surface area contributed by atoms with E-state index in [-0.39, 0.29) is 11.6 Å². The molecule has 6 nitrogen and oxygen atoms in total. The molecule has 2 heterocycles. The Morgan fingerprint density at radius 1 is 1.13 bits per heavy atom. The van der Waals surface area contributed by atoms with Crippen molar-refractivity contribution in [3.63, 3.8) is 0 Å². The molecular weight excluding hydrogens is 314 g/mol. The number of likely N-dealkylation sites (N-methyl/N-ethyl adjacent to an activating group) is 1. The number of nitrogens with zero attached hydrogens (tertiary/aromatic N) is 4. The maximum absolute atomic E-state index is 12.2. The first-order valence-electron chi connectivity index (χ1n) is 7.46. The van der Waals surface area contributed by atoms with Gasteiger partial charge in [0.15, 0.2) is 11.5 Å². The average Bonchev–Trinajstić information content (AvgIpc) is 2.56. The maximum atomic E-state index is 12.2. The van der Waals surface area contributed by atoms with Crippen molar-refractivity contribution < 1.29 is 4.79 Å². The number of halogens is 1. The number of nitrogens with one attached hydrogen (secondary N) is 1. The molecule has 1 N–H and O–H groups in total. The van der Waals surface area contributed by atoms with Crippen LogP contribution in [-0.2, 0) is 0 Å². The quantitative estimate of drug-likeness (QED) is 0.933. The lowest BCUT2D eigenvalue weighted by atomic mass is 10.3. The average molecular weight is 332 g/mol. The van der Waals surface area contributed by atoms with Gasteiger partial charge in [-0.15, -0.1) is 10.2 Å². The molecule has 1 fully saturated rings. The third-order valence-corrected chi connectivity index (χ3v) is 4.03. The van der Waals surface area contributed by atoms with Gasteiger partial charge < -0.3 is 15.1 Å². The zero-order valence-corrected chi connectivity index (χ0v) is 13.6. The van der Waals surface area contributed by atoms with Crippen LogP contribution in [0.2, 0.25) is 5.02 Å². The van der Waals surface area contributed by atoms with Gasteiger partial charge in [0, 0.05) is 36.9 Å². The number of carbonyl (C=O) groups excluding carboxylic acids is 1. The molecule has 0 bridgehead atoms. The molecule has 1 saturated heterocycles. The number of rotatable bonds is 3. The normalized spacial score (nSPS) is 15.5. The summed E-state index contributed by atoms with van der Waals surface area (Å²) in [5.41, 5.74) is 0.912. The van der Waals surface area contributed by atoms with Crippen LogP contribution in [-0.4, -0.2) is 54.2 Å². The van der Waals surface area contributed by atoms with Gasteiger partial charge in [-0.25, -0.2) is 0 Å². The molecule has 1 amide bonds. The third kappa shape index (κ3) is 3.97. The van der Waals surface area contributed by atoms with Crippen LogP contribution in [0.3, 0.4) is 0 Å². The van der Waals surface area contributed by atoms with Gasteiger partial charge in [-0.2, -0.15) is 0 Å². The summed E-state index contributed by atoms with van der Waals surface area (Å²) in [4.78, 5) is 16.6. The summed E-state index contributed by atoms with van der Waals surface area (Å²) in [6, 6.07) is 10.5. The second-order valence-corrected chi connectivity index (χ2v) is 5.97. The largest absolute Gasteiger partial charge is 0.353 e. The standard InChI is InChI=1S/C16H18ClN5O/c1-21-7-9-22(10-8-21)15-6-5-14(19-20-15)16(23)18-13-4-2-3-12(17)11-13/h2-6,11H,7-10H2,1H3,(H,18,23). The summed E-state index contributed by atoms with van der Waals surface area (Å²) in [5, 5.41) is 11.5. The van der Waals surface area contributed by atoms with Gasteiger partial charge in [0.05, 0.1) is 0 Å². The van der Waals surface area contributed by atoms with E-state index in [1.165, 1.54) is 0 Å². The predicted molar refractivity (Wildman–Crippen MR) is 91.1 cm³/mol. The van der Waals surface area contributed by atoms with Crippen LogP contribution in [0.5, 0.6) is 0 Å². The van der Waals surface area contributed by atoms with Crippen LogP contribution in [0.25, 0.3) is 0 Å². The van der Waals surface area contributed by atoms with Crippen LogP contribution in [0.15, 0.2) is 36.4 Å². The van der Waals surface area contributed by atoms with Crippen LogP contribution >= 0.6 is 11.6 Å². The molecule has 0 atom stereocenters. The third-order valence-electron chi connectivity index (χ3n) is 3.79. The molecule has 3 rings (SSSR count). The van der Waals surface area contributed by atoms with Gasteiger partial charge >= 0.3 is 0 Å². The highest BCUT2D eigenvalue weighted by atomic mass is 35.5. The Labute approximate surface area is 140 Å². The van der Waals surface area contributed by atoms with E-state index in [1.54, 1.807) is 30.3 Å². The van der Waals surface area contributed by atoms with Crippen molar-refractivity contribution in [1.29, 1.82) is 0 Å². The van der Waals surface area contributed by atoms with Crippen molar-refractivity contribution in [2.45, 2.75) is 0 Å². The summed E-state index contributed by atoms with van der Waals surface area (Å²) in [5.74, 6) is 0.502. The number of piperazine rings is 1. The minimum absolute atomic E-state index is 0.280. The van der Waals surface area contributed by atoms with Gasteiger partial charge in [0.2, 0.25) is 0 Å². The zero-order chi connectivity index (χ0) is 16.2. The Kier molecular flexibility index (Phi) is 4.73. The van der Waals surface area contributed by atoms with Gasteiger partial charge in [-0.3, -0.25) is 4.79 Å². The summed E-state index contributed by atoms with van der Waals surface area (Å²) >= 11 is 5.90. The first-order chi connectivity index (χ1) is 11.1. The molecule has 23 heavy (non-hydrogen) atoms. The topological polar surface area (TPSA) is 61.4 Å². The lowest BCUT2D eigenvalue weighted by Crippen LogP contribution is -2.44. The van der Waals surface area contributed by atoms with Crippen LogP contribution < -0.4 is 10.2 Å². The number of anilines is 2. The lowest BCUT2D eigenvalue weighted by Gasteiger charge is -2.32. The monoisotopic (exact) mass is 331 g/mol. The van der Waals surface area contributed by atoms with E-state index in [9.17, 15) is 4.79 Å². The molecule has 2 aromatic rings. The molecule has 7 heteroatoms. The summed E-state index contributed by atoms with van der Waals surface area (Å²) < 4.78 is 0. The first kappa shape index (κ1) is 15.7. The summed E-state index contributed by atoms with van der Waals surface area (Å²) in [7, 11) is 2.10. The SMILES string of the molecule is CN1CCN(c2ccc(C(=O)Nc3cccc(Cl)c3)nn2)CC1. The van der Waals surface area contributed by atoms with E-state index in [2.05, 4.69) is 32.4 Å². The Morgan fingerprint density at radius 2 is 1.91 bits per heavy atom. The fourth-order valence-electron chi connectivity index (χ4n) is 2.41. The van der Waals surface area contributed by atoms with Crippen molar-refractivity contribution in [3.8, 4) is 0 Å². The van der Waals surface area contributed by atoms with E-state index >= 15 is 0 Å². The molecule has 1 aromatic carbocycles. The highest BCUT2D eigenvalue weighted by molar-refractivity contribution is 6.30. The van der Waals surface area contributed by atoms with Gasteiger partial charge in [0.1, 0.15) is 0 Å². The molecule has 1 aliphatic rings. The second kappa shape index (κ2) is 6.93. The summed E-state index contributed by atoms with van der Waals surface area (Å²) in [6.45, 7) is 3.83. The molecule has 0 unspecified atom stereocenters. The number of aromatic nitrogens is 2. The Hall–Kier alpha value is -2.18. The molecule has 0 saturated carbocycles. The van der Waals surface area contributed by atoms with Gasteiger partial charge in [-0.05, 0) is 37.4 Å². The zero-order valence-electron chi connectivity index (χ0n) is 12.9. The number of hydrogen-bond acceptors (Lipinski definition) is 5. The van der Waals surface area contributed by atoms with Crippen molar-refractivity contribution in [3.05, 3.63) is 47.1 Å². The van der Waals surface area contributed by atoms with Crippen molar-refractivity contribution in [2.75, 3.05) is 43.4 Å². The highest BCUT2D eigenvalue weighted by Gasteiger charge is 2.16. The molecule has 0 radical (unpaired) electrons. The molecule has 0 spiro atoms. The minimum atomic E-state index is -0.301. The summed E-state index contributed by atoms with van der Waals surface area (Å²) in [6.07, 6.45) is 0. The van der Waals surface area contributed by atoms with E-state index < -0.39 is 0 Å². The Bertz CT molecular complexity index is 683. The van der Waals surface area contributed by atoms with Crippen LogP contribution in [0, 0.1) is 0 Å². The minimum Gasteiger partial charge on any atom is -0.353 e. The van der Waals surface area contributed by atoms with Crippen LogP contribution in [0.4, 0.5) is 11.5 Å². The predicted octanol–water partition coefficient (Wildman–Crippen LogP) is 2.13. The van der Waals surface area contributed by atoms with E-state index in [0.29, 0.717) is 10.7 Å². The molecule has 1 aromatic heterocycles. The number of amides is 1.